The smallest absolute Gasteiger partial charge is 0.323 e. The van der Waals surface area contributed by atoms with Crippen molar-refractivity contribution in [3.8, 4) is 0 Å². The molecule has 0 saturated carbocycles. The van der Waals surface area contributed by atoms with E-state index in [4.69, 9.17) is 4.74 Å². The first-order valence-corrected chi connectivity index (χ1v) is 9.17. The highest BCUT2D eigenvalue weighted by Crippen LogP contribution is 2.18. The van der Waals surface area contributed by atoms with Gasteiger partial charge in [-0.1, -0.05) is 38.1 Å². The molecule has 0 bridgehead atoms. The summed E-state index contributed by atoms with van der Waals surface area (Å²) >= 11 is 0. The van der Waals surface area contributed by atoms with Gasteiger partial charge in [-0.05, 0) is 41.3 Å². The first kappa shape index (κ1) is 18.4. The molecule has 1 fully saturated rings. The molecule has 0 aliphatic carbocycles. The summed E-state index contributed by atoms with van der Waals surface area (Å²) in [5, 5.41) is 5.74. The minimum absolute atomic E-state index is 0.233. The molecule has 0 unspecified atom stereocenters. The fourth-order valence-corrected chi connectivity index (χ4v) is 2.96. The van der Waals surface area contributed by atoms with Crippen LogP contribution >= 0.6 is 0 Å². The number of anilines is 2. The number of urea groups is 1. The summed E-state index contributed by atoms with van der Waals surface area (Å²) in [6, 6.07) is 15.7. The SMILES string of the molecule is CC(C)c1ccc(NC(=O)Nc2ccc(CN3CCOCC3)cc2)cc1. The normalized spacial score (nSPS) is 15.0. The molecule has 2 N–H and O–H groups in total. The fraction of sp³-hybridized carbons (Fsp3) is 0.381. The van der Waals surface area contributed by atoms with Crippen LogP contribution in [0, 0.1) is 0 Å². The van der Waals surface area contributed by atoms with Crippen molar-refractivity contribution in [2.45, 2.75) is 26.3 Å². The number of morpholine rings is 1. The molecule has 0 atom stereocenters. The van der Waals surface area contributed by atoms with Crippen molar-refractivity contribution < 1.29 is 9.53 Å². The number of amides is 2. The Kier molecular flexibility index (Phi) is 6.26. The van der Waals surface area contributed by atoms with Crippen LogP contribution in [-0.2, 0) is 11.3 Å². The fourth-order valence-electron chi connectivity index (χ4n) is 2.96. The van der Waals surface area contributed by atoms with Crippen molar-refractivity contribution in [1.29, 1.82) is 0 Å². The summed E-state index contributed by atoms with van der Waals surface area (Å²) in [5.41, 5.74) is 4.07. The maximum Gasteiger partial charge on any atom is 0.323 e. The second-order valence-corrected chi connectivity index (χ2v) is 6.94. The lowest BCUT2D eigenvalue weighted by atomic mass is 10.0. The number of rotatable bonds is 5. The van der Waals surface area contributed by atoms with Gasteiger partial charge in [0.15, 0.2) is 0 Å². The number of ether oxygens (including phenoxy) is 1. The van der Waals surface area contributed by atoms with Gasteiger partial charge in [0, 0.05) is 31.0 Å². The Morgan fingerprint density at radius 1 is 0.962 bits per heavy atom. The average molecular weight is 353 g/mol. The van der Waals surface area contributed by atoms with Crippen LogP contribution in [0.4, 0.5) is 16.2 Å². The minimum Gasteiger partial charge on any atom is -0.379 e. The number of nitrogens with one attached hydrogen (secondary N) is 2. The number of benzene rings is 2. The topological polar surface area (TPSA) is 53.6 Å². The van der Waals surface area contributed by atoms with Crippen molar-refractivity contribution in [2.24, 2.45) is 0 Å². The van der Waals surface area contributed by atoms with E-state index >= 15 is 0 Å². The number of hydrogen-bond donors (Lipinski definition) is 2. The van der Waals surface area contributed by atoms with E-state index in [0.717, 1.165) is 44.2 Å². The quantitative estimate of drug-likeness (QED) is 0.843. The zero-order valence-electron chi connectivity index (χ0n) is 15.5. The summed E-state index contributed by atoms with van der Waals surface area (Å²) in [6.45, 7) is 8.76. The van der Waals surface area contributed by atoms with E-state index < -0.39 is 0 Å². The molecule has 2 aromatic rings. The highest BCUT2D eigenvalue weighted by atomic mass is 16.5. The third-order valence-electron chi connectivity index (χ3n) is 4.56. The van der Waals surface area contributed by atoms with Gasteiger partial charge in [0.2, 0.25) is 0 Å². The summed E-state index contributed by atoms with van der Waals surface area (Å²) in [5.74, 6) is 0.480. The lowest BCUT2D eigenvalue weighted by Gasteiger charge is -2.26. The van der Waals surface area contributed by atoms with Crippen molar-refractivity contribution in [3.63, 3.8) is 0 Å². The van der Waals surface area contributed by atoms with Gasteiger partial charge in [-0.15, -0.1) is 0 Å². The van der Waals surface area contributed by atoms with E-state index in [1.54, 1.807) is 0 Å². The maximum atomic E-state index is 12.2. The summed E-state index contributed by atoms with van der Waals surface area (Å²) in [6.07, 6.45) is 0. The Labute approximate surface area is 155 Å². The van der Waals surface area contributed by atoms with Gasteiger partial charge >= 0.3 is 6.03 Å². The van der Waals surface area contributed by atoms with Gasteiger partial charge in [0.05, 0.1) is 13.2 Å². The summed E-state index contributed by atoms with van der Waals surface area (Å²) in [7, 11) is 0. The third kappa shape index (κ3) is 5.31. The Hall–Kier alpha value is -2.37. The molecule has 2 aromatic carbocycles. The molecule has 1 aliphatic heterocycles. The first-order valence-electron chi connectivity index (χ1n) is 9.17. The van der Waals surface area contributed by atoms with Crippen LogP contribution in [0.5, 0.6) is 0 Å². The molecule has 1 heterocycles. The maximum absolute atomic E-state index is 12.2. The second-order valence-electron chi connectivity index (χ2n) is 6.94. The van der Waals surface area contributed by atoms with E-state index in [2.05, 4.69) is 41.5 Å². The van der Waals surface area contributed by atoms with Crippen LogP contribution in [0.1, 0.15) is 30.9 Å². The van der Waals surface area contributed by atoms with Crippen LogP contribution in [0.2, 0.25) is 0 Å². The van der Waals surface area contributed by atoms with Crippen molar-refractivity contribution >= 4 is 17.4 Å². The van der Waals surface area contributed by atoms with E-state index in [1.807, 2.05) is 36.4 Å². The van der Waals surface area contributed by atoms with E-state index in [-0.39, 0.29) is 6.03 Å². The predicted molar refractivity (Wildman–Crippen MR) is 106 cm³/mol. The van der Waals surface area contributed by atoms with Gasteiger partial charge in [-0.3, -0.25) is 4.90 Å². The summed E-state index contributed by atoms with van der Waals surface area (Å²) < 4.78 is 5.37. The van der Waals surface area contributed by atoms with Gasteiger partial charge in [-0.2, -0.15) is 0 Å². The monoisotopic (exact) mass is 353 g/mol. The number of nitrogens with zero attached hydrogens (tertiary/aromatic N) is 1. The molecular weight excluding hydrogens is 326 g/mol. The van der Waals surface area contributed by atoms with Gasteiger partial charge in [-0.25, -0.2) is 4.79 Å². The largest absolute Gasteiger partial charge is 0.379 e. The number of carbonyl (C=O) groups excluding carboxylic acids is 1. The first-order chi connectivity index (χ1) is 12.6. The summed E-state index contributed by atoms with van der Waals surface area (Å²) in [4.78, 5) is 14.5. The molecule has 5 heteroatoms. The third-order valence-corrected chi connectivity index (χ3v) is 4.56. The van der Waals surface area contributed by atoms with E-state index in [9.17, 15) is 4.79 Å². The average Bonchev–Trinajstić information content (AvgIpc) is 2.64. The number of hydrogen-bond acceptors (Lipinski definition) is 3. The molecule has 3 rings (SSSR count). The van der Waals surface area contributed by atoms with Crippen LogP contribution in [-0.4, -0.2) is 37.2 Å². The Balaban J connectivity index is 1.50. The van der Waals surface area contributed by atoms with E-state index in [1.165, 1.54) is 11.1 Å². The molecule has 5 nitrogen and oxygen atoms in total. The molecule has 26 heavy (non-hydrogen) atoms. The van der Waals surface area contributed by atoms with Crippen LogP contribution in [0.25, 0.3) is 0 Å². The lowest BCUT2D eigenvalue weighted by molar-refractivity contribution is 0.0342. The lowest BCUT2D eigenvalue weighted by Crippen LogP contribution is -2.35. The van der Waals surface area contributed by atoms with Crippen LogP contribution in [0.15, 0.2) is 48.5 Å². The Morgan fingerprint density at radius 3 is 2.04 bits per heavy atom. The minimum atomic E-state index is -0.233. The molecule has 1 saturated heterocycles. The Bertz CT molecular complexity index is 705. The molecule has 1 aliphatic rings. The molecule has 0 aromatic heterocycles. The molecule has 2 amide bonds. The standard InChI is InChI=1S/C21H27N3O2/c1-16(2)18-5-9-20(10-6-18)23-21(25)22-19-7-3-17(4-8-19)15-24-11-13-26-14-12-24/h3-10,16H,11-15H2,1-2H3,(H2,22,23,25). The highest BCUT2D eigenvalue weighted by Gasteiger charge is 2.10. The van der Waals surface area contributed by atoms with Crippen LogP contribution < -0.4 is 10.6 Å². The van der Waals surface area contributed by atoms with Gasteiger partial charge < -0.3 is 15.4 Å². The molecule has 0 radical (unpaired) electrons. The van der Waals surface area contributed by atoms with Gasteiger partial charge in [0.25, 0.3) is 0 Å². The molecule has 0 spiro atoms. The van der Waals surface area contributed by atoms with Crippen LogP contribution in [0.3, 0.4) is 0 Å². The second kappa shape index (κ2) is 8.83. The zero-order valence-corrected chi connectivity index (χ0v) is 15.5. The number of carbonyl (C=O) groups is 1. The predicted octanol–water partition coefficient (Wildman–Crippen LogP) is 4.29. The van der Waals surface area contributed by atoms with Crippen molar-refractivity contribution in [2.75, 3.05) is 36.9 Å². The Morgan fingerprint density at radius 2 is 1.50 bits per heavy atom. The van der Waals surface area contributed by atoms with Crippen molar-refractivity contribution in [1.82, 2.24) is 4.90 Å². The highest BCUT2D eigenvalue weighted by molar-refractivity contribution is 5.99. The molecular formula is C21H27N3O2. The van der Waals surface area contributed by atoms with Gasteiger partial charge in [0.1, 0.15) is 0 Å². The molecule has 138 valence electrons. The van der Waals surface area contributed by atoms with Crippen molar-refractivity contribution in [3.05, 3.63) is 59.7 Å². The zero-order chi connectivity index (χ0) is 18.4. The van der Waals surface area contributed by atoms with E-state index in [0.29, 0.717) is 5.92 Å².